The second-order valence-corrected chi connectivity index (χ2v) is 5.79. The summed E-state index contributed by atoms with van der Waals surface area (Å²) in [7, 11) is 0. The number of hydrogen-bond donors (Lipinski definition) is 1. The molecule has 0 unspecified atom stereocenters. The topological polar surface area (TPSA) is 82.2 Å². The van der Waals surface area contributed by atoms with Gasteiger partial charge in [-0.05, 0) is 36.2 Å². The van der Waals surface area contributed by atoms with Crippen molar-refractivity contribution in [2.24, 2.45) is 0 Å². The van der Waals surface area contributed by atoms with Crippen LogP contribution in [0.15, 0.2) is 36.4 Å². The van der Waals surface area contributed by atoms with Crippen molar-refractivity contribution < 1.29 is 4.92 Å². The molecule has 0 saturated carbocycles. The molecule has 6 heteroatoms. The molecule has 24 heavy (non-hydrogen) atoms. The largest absolute Gasteiger partial charge is 0.354 e. The van der Waals surface area contributed by atoms with Crippen molar-refractivity contribution in [2.45, 2.75) is 19.9 Å². The van der Waals surface area contributed by atoms with Crippen LogP contribution in [0.5, 0.6) is 0 Å². The summed E-state index contributed by atoms with van der Waals surface area (Å²) in [6.07, 6.45) is 0.946. The van der Waals surface area contributed by atoms with Gasteiger partial charge in [-0.3, -0.25) is 15.0 Å². The van der Waals surface area contributed by atoms with E-state index >= 15 is 0 Å². The molecular formula is C18H18N4O2. The van der Waals surface area contributed by atoms with E-state index in [0.29, 0.717) is 5.69 Å². The molecule has 0 atom stereocenters. The lowest BCUT2D eigenvalue weighted by atomic mass is 9.97. The van der Waals surface area contributed by atoms with E-state index < -0.39 is 4.92 Å². The van der Waals surface area contributed by atoms with Crippen molar-refractivity contribution in [2.75, 3.05) is 18.4 Å². The Morgan fingerprint density at radius 3 is 2.88 bits per heavy atom. The highest BCUT2D eigenvalue weighted by molar-refractivity contribution is 5.71. The number of benzene rings is 2. The first-order valence-electron chi connectivity index (χ1n) is 7.91. The van der Waals surface area contributed by atoms with Crippen molar-refractivity contribution in [3.8, 4) is 6.07 Å². The van der Waals surface area contributed by atoms with Gasteiger partial charge in [-0.15, -0.1) is 0 Å². The summed E-state index contributed by atoms with van der Waals surface area (Å²) in [5.41, 5.74) is 4.29. The van der Waals surface area contributed by atoms with Crippen LogP contribution >= 0.6 is 0 Å². The first kappa shape index (κ1) is 16.0. The Labute approximate surface area is 140 Å². The summed E-state index contributed by atoms with van der Waals surface area (Å²) in [6.45, 7) is 5.11. The summed E-state index contributed by atoms with van der Waals surface area (Å²) >= 11 is 0. The standard InChI is InChI=1S/C18H18N4O2/c1-2-21-9-8-16-13(12-21)4-3-5-18(16)20-17-7-6-15(22(23)24)10-14(17)11-19/h3-7,10,20H,2,8-9,12H2,1H3. The van der Waals surface area contributed by atoms with Crippen LogP contribution in [0.3, 0.4) is 0 Å². The first-order valence-corrected chi connectivity index (χ1v) is 7.91. The molecule has 1 N–H and O–H groups in total. The van der Waals surface area contributed by atoms with E-state index in [1.54, 1.807) is 6.07 Å². The van der Waals surface area contributed by atoms with Crippen molar-refractivity contribution in [1.29, 1.82) is 5.26 Å². The highest BCUT2D eigenvalue weighted by Crippen LogP contribution is 2.30. The Kier molecular flexibility index (Phi) is 4.45. The van der Waals surface area contributed by atoms with Crippen LogP contribution in [0.25, 0.3) is 0 Å². The molecule has 0 spiro atoms. The molecular weight excluding hydrogens is 304 g/mol. The number of fused-ring (bicyclic) bond motifs is 1. The van der Waals surface area contributed by atoms with Gasteiger partial charge in [-0.1, -0.05) is 19.1 Å². The third-order valence-electron chi connectivity index (χ3n) is 4.40. The van der Waals surface area contributed by atoms with E-state index in [0.717, 1.165) is 31.7 Å². The molecule has 0 bridgehead atoms. The zero-order valence-electron chi connectivity index (χ0n) is 13.5. The van der Waals surface area contributed by atoms with Crippen LogP contribution in [0.2, 0.25) is 0 Å². The third-order valence-corrected chi connectivity index (χ3v) is 4.40. The van der Waals surface area contributed by atoms with Crippen molar-refractivity contribution in [1.82, 2.24) is 4.90 Å². The summed E-state index contributed by atoms with van der Waals surface area (Å²) in [4.78, 5) is 12.8. The second kappa shape index (κ2) is 6.69. The maximum atomic E-state index is 10.9. The minimum atomic E-state index is -0.492. The third kappa shape index (κ3) is 3.07. The number of rotatable bonds is 4. The van der Waals surface area contributed by atoms with Crippen molar-refractivity contribution in [3.05, 3.63) is 63.2 Å². The second-order valence-electron chi connectivity index (χ2n) is 5.79. The summed E-state index contributed by atoms with van der Waals surface area (Å²) < 4.78 is 0. The molecule has 2 aromatic rings. The number of nitrogens with one attached hydrogen (secondary N) is 1. The van der Waals surface area contributed by atoms with Crippen LogP contribution in [0, 0.1) is 21.4 Å². The van der Waals surface area contributed by atoms with Gasteiger partial charge in [0.15, 0.2) is 0 Å². The van der Waals surface area contributed by atoms with Gasteiger partial charge in [0.1, 0.15) is 6.07 Å². The van der Waals surface area contributed by atoms with Crippen LogP contribution in [-0.4, -0.2) is 22.9 Å². The van der Waals surface area contributed by atoms with Gasteiger partial charge in [-0.2, -0.15) is 5.26 Å². The average molecular weight is 322 g/mol. The monoisotopic (exact) mass is 322 g/mol. The molecule has 1 aliphatic rings. The van der Waals surface area contributed by atoms with E-state index in [4.69, 9.17) is 0 Å². The van der Waals surface area contributed by atoms with Crippen LogP contribution < -0.4 is 5.32 Å². The maximum Gasteiger partial charge on any atom is 0.270 e. The van der Waals surface area contributed by atoms with Gasteiger partial charge in [0.05, 0.1) is 16.2 Å². The number of nitrogens with zero attached hydrogens (tertiary/aromatic N) is 3. The number of likely N-dealkylation sites (N-methyl/N-ethyl adjacent to an activating group) is 1. The van der Waals surface area contributed by atoms with Crippen molar-refractivity contribution in [3.63, 3.8) is 0 Å². The van der Waals surface area contributed by atoms with E-state index in [2.05, 4.69) is 23.2 Å². The quantitative estimate of drug-likeness (QED) is 0.687. The molecule has 2 aromatic carbocycles. The Morgan fingerprint density at radius 1 is 1.33 bits per heavy atom. The molecule has 0 aromatic heterocycles. The fraction of sp³-hybridized carbons (Fsp3) is 0.278. The zero-order valence-corrected chi connectivity index (χ0v) is 13.5. The molecule has 0 fully saturated rings. The lowest BCUT2D eigenvalue weighted by molar-refractivity contribution is -0.384. The molecule has 3 rings (SSSR count). The fourth-order valence-electron chi connectivity index (χ4n) is 3.05. The van der Waals surface area contributed by atoms with E-state index in [9.17, 15) is 15.4 Å². The normalized spacial score (nSPS) is 13.8. The van der Waals surface area contributed by atoms with Crippen LogP contribution in [-0.2, 0) is 13.0 Å². The minimum absolute atomic E-state index is 0.0780. The van der Waals surface area contributed by atoms with Gasteiger partial charge in [0.2, 0.25) is 0 Å². The number of nitriles is 1. The smallest absolute Gasteiger partial charge is 0.270 e. The van der Waals surface area contributed by atoms with E-state index in [-0.39, 0.29) is 11.3 Å². The minimum Gasteiger partial charge on any atom is -0.354 e. The fourth-order valence-corrected chi connectivity index (χ4v) is 3.05. The molecule has 1 heterocycles. The highest BCUT2D eigenvalue weighted by atomic mass is 16.6. The van der Waals surface area contributed by atoms with Gasteiger partial charge < -0.3 is 5.32 Å². The number of nitro benzene ring substituents is 1. The maximum absolute atomic E-state index is 10.9. The molecule has 6 nitrogen and oxygen atoms in total. The Hall–Kier alpha value is -2.91. The SMILES string of the molecule is CCN1CCc2c(cccc2Nc2ccc([N+](=O)[O-])cc2C#N)C1. The Morgan fingerprint density at radius 2 is 2.17 bits per heavy atom. The molecule has 0 aliphatic carbocycles. The molecule has 122 valence electrons. The lowest BCUT2D eigenvalue weighted by Crippen LogP contribution is -2.30. The number of non-ortho nitro benzene ring substituents is 1. The molecule has 1 aliphatic heterocycles. The first-order chi connectivity index (χ1) is 11.6. The number of nitro groups is 1. The van der Waals surface area contributed by atoms with Gasteiger partial charge in [-0.25, -0.2) is 0 Å². The predicted molar refractivity (Wildman–Crippen MR) is 92.2 cm³/mol. The van der Waals surface area contributed by atoms with Gasteiger partial charge >= 0.3 is 0 Å². The molecule has 0 amide bonds. The van der Waals surface area contributed by atoms with Crippen LogP contribution in [0.1, 0.15) is 23.6 Å². The van der Waals surface area contributed by atoms with Crippen LogP contribution in [0.4, 0.5) is 17.1 Å². The summed E-state index contributed by atoms with van der Waals surface area (Å²) in [5.74, 6) is 0. The highest BCUT2D eigenvalue weighted by Gasteiger charge is 2.18. The predicted octanol–water partition coefficient (Wildman–Crippen LogP) is 3.59. The van der Waals surface area contributed by atoms with Crippen molar-refractivity contribution >= 4 is 17.1 Å². The Bertz CT molecular complexity index is 826. The lowest BCUT2D eigenvalue weighted by Gasteiger charge is -2.29. The average Bonchev–Trinajstić information content (AvgIpc) is 2.61. The van der Waals surface area contributed by atoms with Gasteiger partial charge in [0.25, 0.3) is 5.69 Å². The van der Waals surface area contributed by atoms with Gasteiger partial charge in [0, 0.05) is 30.9 Å². The Balaban J connectivity index is 1.93. The molecule has 0 saturated heterocycles. The number of anilines is 2. The summed E-state index contributed by atoms with van der Waals surface area (Å²) in [5, 5.41) is 23.4. The number of hydrogen-bond acceptors (Lipinski definition) is 5. The summed E-state index contributed by atoms with van der Waals surface area (Å²) in [6, 6.07) is 12.5. The zero-order chi connectivity index (χ0) is 17.1. The van der Waals surface area contributed by atoms with E-state index in [1.165, 1.54) is 23.3 Å². The molecule has 0 radical (unpaired) electrons. The van der Waals surface area contributed by atoms with E-state index in [1.807, 2.05) is 18.2 Å².